The molecule has 0 heterocycles. The summed E-state index contributed by atoms with van der Waals surface area (Å²) in [7, 11) is 0. The summed E-state index contributed by atoms with van der Waals surface area (Å²) in [6, 6.07) is 4.32. The van der Waals surface area contributed by atoms with Crippen LogP contribution in [0.1, 0.15) is 31.4 Å². The molecule has 0 saturated carbocycles. The van der Waals surface area contributed by atoms with E-state index in [2.05, 4.69) is 5.32 Å². The van der Waals surface area contributed by atoms with Crippen molar-refractivity contribution in [1.29, 1.82) is 0 Å². The highest BCUT2D eigenvalue weighted by atomic mass is 19.4. The third-order valence-electron chi connectivity index (χ3n) is 3.30. The van der Waals surface area contributed by atoms with Crippen molar-refractivity contribution in [2.75, 3.05) is 6.54 Å². The van der Waals surface area contributed by atoms with Gasteiger partial charge in [0.05, 0.1) is 17.9 Å². The number of rotatable bonds is 7. The first-order valence-electron chi connectivity index (χ1n) is 7.25. The number of benzene rings is 1. The summed E-state index contributed by atoms with van der Waals surface area (Å²) in [4.78, 5) is 22.9. The summed E-state index contributed by atoms with van der Waals surface area (Å²) in [6.07, 6.45) is -4.06. The van der Waals surface area contributed by atoms with Gasteiger partial charge in [0.25, 0.3) is 0 Å². The number of carboxylic acids is 1. The van der Waals surface area contributed by atoms with Crippen molar-refractivity contribution in [3.8, 4) is 0 Å². The molecule has 0 aromatic heterocycles. The second-order valence-corrected chi connectivity index (χ2v) is 5.84. The van der Waals surface area contributed by atoms with E-state index in [4.69, 9.17) is 5.11 Å². The molecule has 2 N–H and O–H groups in total. The average Bonchev–Trinajstić information content (AvgIpc) is 2.42. The normalized spacial score (nSPS) is 13.0. The Bertz CT molecular complexity index is 538. The monoisotopic (exact) mass is 331 g/mol. The van der Waals surface area contributed by atoms with Crippen LogP contribution in [0.2, 0.25) is 0 Å². The third kappa shape index (κ3) is 6.71. The molecule has 1 aromatic carbocycles. The van der Waals surface area contributed by atoms with E-state index in [-0.39, 0.29) is 18.9 Å². The first-order valence-corrected chi connectivity index (χ1v) is 7.25. The molecule has 1 amide bonds. The van der Waals surface area contributed by atoms with Crippen molar-refractivity contribution in [2.45, 2.75) is 32.9 Å². The minimum atomic E-state index is -4.41. The van der Waals surface area contributed by atoms with Crippen LogP contribution in [0.3, 0.4) is 0 Å². The lowest BCUT2D eigenvalue weighted by molar-refractivity contribution is -0.142. The number of hydrogen-bond donors (Lipinski definition) is 2. The number of carbonyl (C=O) groups is 2. The Labute approximate surface area is 132 Å². The van der Waals surface area contributed by atoms with Crippen LogP contribution >= 0.6 is 0 Å². The van der Waals surface area contributed by atoms with Gasteiger partial charge >= 0.3 is 12.1 Å². The highest BCUT2D eigenvalue weighted by molar-refractivity contribution is 5.79. The Morgan fingerprint density at radius 3 is 2.17 bits per heavy atom. The van der Waals surface area contributed by atoms with E-state index in [1.807, 2.05) is 13.8 Å². The number of halogens is 3. The molecule has 0 saturated heterocycles. The Hall–Kier alpha value is -2.05. The summed E-state index contributed by atoms with van der Waals surface area (Å²) in [6.45, 7) is 3.78. The molecule has 0 radical (unpaired) electrons. The van der Waals surface area contributed by atoms with Gasteiger partial charge in [-0.2, -0.15) is 13.2 Å². The summed E-state index contributed by atoms with van der Waals surface area (Å²) in [5.74, 6) is -1.89. The fourth-order valence-corrected chi connectivity index (χ4v) is 2.14. The van der Waals surface area contributed by atoms with Gasteiger partial charge in [-0.3, -0.25) is 9.59 Å². The molecule has 7 heteroatoms. The number of hydrogen-bond acceptors (Lipinski definition) is 2. The van der Waals surface area contributed by atoms with Crippen LogP contribution in [-0.4, -0.2) is 23.5 Å². The van der Waals surface area contributed by atoms with E-state index >= 15 is 0 Å². The maximum Gasteiger partial charge on any atom is 0.416 e. The van der Waals surface area contributed by atoms with Gasteiger partial charge in [-0.25, -0.2) is 0 Å². The molecule has 128 valence electrons. The van der Waals surface area contributed by atoms with Crippen molar-refractivity contribution in [3.63, 3.8) is 0 Å². The number of aliphatic carboxylic acids is 1. The Kier molecular flexibility index (Phi) is 6.60. The molecule has 1 aromatic rings. The second-order valence-electron chi connectivity index (χ2n) is 5.84. The second kappa shape index (κ2) is 7.99. The number of alkyl halides is 3. The Balaban J connectivity index is 2.54. The van der Waals surface area contributed by atoms with E-state index in [9.17, 15) is 22.8 Å². The smallest absolute Gasteiger partial charge is 0.416 e. The van der Waals surface area contributed by atoms with E-state index in [1.54, 1.807) is 0 Å². The lowest BCUT2D eigenvalue weighted by Crippen LogP contribution is -2.34. The Morgan fingerprint density at radius 1 is 1.17 bits per heavy atom. The molecular weight excluding hydrogens is 311 g/mol. The molecular formula is C16H20F3NO3. The van der Waals surface area contributed by atoms with Crippen molar-refractivity contribution in [1.82, 2.24) is 5.32 Å². The van der Waals surface area contributed by atoms with Gasteiger partial charge < -0.3 is 10.4 Å². The summed E-state index contributed by atoms with van der Waals surface area (Å²) < 4.78 is 37.3. The summed E-state index contributed by atoms with van der Waals surface area (Å²) in [5.41, 5.74) is -0.337. The van der Waals surface area contributed by atoms with Gasteiger partial charge in [0.15, 0.2) is 0 Å². The van der Waals surface area contributed by atoms with Gasteiger partial charge in [0.1, 0.15) is 0 Å². The zero-order valence-corrected chi connectivity index (χ0v) is 13.0. The molecule has 0 spiro atoms. The lowest BCUT2D eigenvalue weighted by atomic mass is 9.97. The van der Waals surface area contributed by atoms with Crippen molar-refractivity contribution >= 4 is 11.9 Å². The van der Waals surface area contributed by atoms with Crippen LogP contribution in [0.5, 0.6) is 0 Å². The average molecular weight is 331 g/mol. The maximum atomic E-state index is 12.4. The van der Waals surface area contributed by atoms with Gasteiger partial charge in [-0.15, -0.1) is 0 Å². The highest BCUT2D eigenvalue weighted by Crippen LogP contribution is 2.29. The lowest BCUT2D eigenvalue weighted by Gasteiger charge is -2.15. The van der Waals surface area contributed by atoms with E-state index in [1.165, 1.54) is 12.1 Å². The van der Waals surface area contributed by atoms with Crippen molar-refractivity contribution in [2.24, 2.45) is 11.8 Å². The molecule has 0 aliphatic carbocycles. The number of carboxylic acid groups (broad SMARTS) is 1. The molecule has 1 unspecified atom stereocenters. The molecule has 1 rings (SSSR count). The molecule has 0 aliphatic rings. The van der Waals surface area contributed by atoms with Crippen LogP contribution in [0.4, 0.5) is 13.2 Å². The quantitative estimate of drug-likeness (QED) is 0.807. The SMILES string of the molecule is CC(C)CC(CNC(=O)Cc1ccc(C(F)(F)F)cc1)C(=O)O. The largest absolute Gasteiger partial charge is 0.481 e. The number of amides is 1. The zero-order valence-electron chi connectivity index (χ0n) is 13.0. The van der Waals surface area contributed by atoms with Crippen LogP contribution in [0, 0.1) is 11.8 Å². The van der Waals surface area contributed by atoms with Crippen LogP contribution < -0.4 is 5.32 Å². The van der Waals surface area contributed by atoms with Gasteiger partial charge in [-0.1, -0.05) is 26.0 Å². The molecule has 0 aliphatic heterocycles. The molecule has 0 bridgehead atoms. The predicted molar refractivity (Wildman–Crippen MR) is 78.7 cm³/mol. The zero-order chi connectivity index (χ0) is 17.6. The first-order chi connectivity index (χ1) is 10.6. The molecule has 1 atom stereocenters. The highest BCUT2D eigenvalue weighted by Gasteiger charge is 2.30. The number of carbonyl (C=O) groups excluding carboxylic acids is 1. The first kappa shape index (κ1) is 19.0. The maximum absolute atomic E-state index is 12.4. The van der Waals surface area contributed by atoms with E-state index < -0.39 is 29.5 Å². The molecule has 4 nitrogen and oxygen atoms in total. The predicted octanol–water partition coefficient (Wildman–Crippen LogP) is 3.11. The topological polar surface area (TPSA) is 66.4 Å². The minimum absolute atomic E-state index is 0.00693. The Morgan fingerprint density at radius 2 is 1.74 bits per heavy atom. The summed E-state index contributed by atoms with van der Waals surface area (Å²) >= 11 is 0. The van der Waals surface area contributed by atoms with Crippen molar-refractivity contribution in [3.05, 3.63) is 35.4 Å². The van der Waals surface area contributed by atoms with E-state index in [0.29, 0.717) is 12.0 Å². The molecule has 0 fully saturated rings. The van der Waals surface area contributed by atoms with Crippen LogP contribution in [0.15, 0.2) is 24.3 Å². The van der Waals surface area contributed by atoms with E-state index in [0.717, 1.165) is 12.1 Å². The number of nitrogens with one attached hydrogen (secondary N) is 1. The van der Waals surface area contributed by atoms with Gasteiger partial charge in [-0.05, 0) is 30.0 Å². The van der Waals surface area contributed by atoms with Crippen LogP contribution in [0.25, 0.3) is 0 Å². The van der Waals surface area contributed by atoms with Gasteiger partial charge in [0.2, 0.25) is 5.91 Å². The fourth-order valence-electron chi connectivity index (χ4n) is 2.14. The van der Waals surface area contributed by atoms with Gasteiger partial charge in [0, 0.05) is 6.54 Å². The third-order valence-corrected chi connectivity index (χ3v) is 3.30. The minimum Gasteiger partial charge on any atom is -0.481 e. The standard InChI is InChI=1S/C16H20F3NO3/c1-10(2)7-12(15(22)23)9-20-14(21)8-11-3-5-13(6-4-11)16(17,18)19/h3-6,10,12H,7-9H2,1-2H3,(H,20,21)(H,22,23). The summed E-state index contributed by atoms with van der Waals surface area (Å²) in [5, 5.41) is 11.6. The van der Waals surface area contributed by atoms with Crippen molar-refractivity contribution < 1.29 is 27.9 Å². The van der Waals surface area contributed by atoms with Crippen LogP contribution in [-0.2, 0) is 22.2 Å². The fraction of sp³-hybridized carbons (Fsp3) is 0.500. The molecule has 23 heavy (non-hydrogen) atoms.